The van der Waals surface area contributed by atoms with E-state index in [1.54, 1.807) is 0 Å². The van der Waals surface area contributed by atoms with Crippen molar-refractivity contribution < 1.29 is 10.2 Å². The maximum Gasteiger partial charge on any atom is 0.0613 e. The predicted octanol–water partition coefficient (Wildman–Crippen LogP) is 1.41. The van der Waals surface area contributed by atoms with Crippen LogP contribution in [0, 0.1) is 11.8 Å². The maximum atomic E-state index is 9.56. The van der Waals surface area contributed by atoms with Gasteiger partial charge in [-0.1, -0.05) is 27.2 Å². The van der Waals surface area contributed by atoms with Crippen LogP contribution in [0.1, 0.15) is 33.6 Å². The van der Waals surface area contributed by atoms with Gasteiger partial charge in [0.05, 0.1) is 6.10 Å². The van der Waals surface area contributed by atoms with Gasteiger partial charge in [0.1, 0.15) is 0 Å². The molecule has 3 atom stereocenters. The predicted molar refractivity (Wildman–Crippen MR) is 46.3 cm³/mol. The Morgan fingerprint density at radius 3 is 2.09 bits per heavy atom. The first-order valence-corrected chi connectivity index (χ1v) is 4.42. The molecule has 0 saturated heterocycles. The number of hydrogen-bond donors (Lipinski definition) is 2. The highest BCUT2D eigenvalue weighted by atomic mass is 16.3. The van der Waals surface area contributed by atoms with E-state index in [0.29, 0.717) is 5.92 Å². The van der Waals surface area contributed by atoms with Gasteiger partial charge in [0.2, 0.25) is 0 Å². The molecule has 0 saturated carbocycles. The van der Waals surface area contributed by atoms with Crippen molar-refractivity contribution in [2.75, 3.05) is 6.61 Å². The van der Waals surface area contributed by atoms with Crippen LogP contribution in [-0.2, 0) is 0 Å². The minimum absolute atomic E-state index is 0.0107. The normalized spacial score (nSPS) is 19.4. The number of rotatable bonds is 5. The first-order valence-electron chi connectivity index (χ1n) is 4.42. The van der Waals surface area contributed by atoms with Gasteiger partial charge >= 0.3 is 0 Å². The summed E-state index contributed by atoms with van der Waals surface area (Å²) in [5, 5.41) is 18.3. The third-order valence-electron chi connectivity index (χ3n) is 2.20. The lowest BCUT2D eigenvalue weighted by Crippen LogP contribution is -2.27. The first kappa shape index (κ1) is 10.9. The van der Waals surface area contributed by atoms with E-state index in [2.05, 4.69) is 6.92 Å². The smallest absolute Gasteiger partial charge is 0.0613 e. The maximum absolute atomic E-state index is 9.56. The second-order valence-electron chi connectivity index (χ2n) is 3.42. The molecule has 2 heteroatoms. The van der Waals surface area contributed by atoms with Crippen molar-refractivity contribution in [1.82, 2.24) is 0 Å². The van der Waals surface area contributed by atoms with E-state index in [4.69, 9.17) is 5.11 Å². The quantitative estimate of drug-likeness (QED) is 0.638. The molecule has 2 N–H and O–H groups in total. The molecule has 11 heavy (non-hydrogen) atoms. The number of aliphatic hydroxyl groups excluding tert-OH is 2. The highest BCUT2D eigenvalue weighted by molar-refractivity contribution is 4.69. The summed E-state index contributed by atoms with van der Waals surface area (Å²) in [6.07, 6.45) is 1.78. The molecule has 0 aromatic rings. The van der Waals surface area contributed by atoms with Crippen LogP contribution in [0.2, 0.25) is 0 Å². The molecule has 0 rings (SSSR count). The molecule has 68 valence electrons. The van der Waals surface area contributed by atoms with Crippen molar-refractivity contribution in [2.45, 2.75) is 39.7 Å². The fourth-order valence-electron chi connectivity index (χ4n) is 1.29. The molecule has 0 heterocycles. The minimum Gasteiger partial charge on any atom is -0.396 e. The van der Waals surface area contributed by atoms with Gasteiger partial charge in [0.25, 0.3) is 0 Å². The average molecular weight is 160 g/mol. The standard InChI is InChI=1S/C9H20O2/c1-4-5-7(2)9(11)8(3)6-10/h7-11H,4-6H2,1-3H3. The van der Waals surface area contributed by atoms with Gasteiger partial charge < -0.3 is 10.2 Å². The molecule has 0 aliphatic rings. The molecule has 0 aliphatic heterocycles. The van der Waals surface area contributed by atoms with E-state index >= 15 is 0 Å². The third-order valence-corrected chi connectivity index (χ3v) is 2.20. The summed E-state index contributed by atoms with van der Waals surface area (Å²) in [6, 6.07) is 0. The molecule has 0 fully saturated rings. The Hall–Kier alpha value is -0.0800. The summed E-state index contributed by atoms with van der Waals surface area (Å²) >= 11 is 0. The zero-order valence-corrected chi connectivity index (χ0v) is 7.75. The Morgan fingerprint density at radius 1 is 1.18 bits per heavy atom. The first-order chi connectivity index (χ1) is 5.13. The van der Waals surface area contributed by atoms with E-state index in [0.717, 1.165) is 12.8 Å². The molecule has 0 bridgehead atoms. The summed E-state index contributed by atoms with van der Waals surface area (Å²) in [7, 11) is 0. The fourth-order valence-corrected chi connectivity index (χ4v) is 1.29. The summed E-state index contributed by atoms with van der Waals surface area (Å²) in [5.41, 5.74) is 0. The van der Waals surface area contributed by atoms with Crippen molar-refractivity contribution >= 4 is 0 Å². The topological polar surface area (TPSA) is 40.5 Å². The van der Waals surface area contributed by atoms with E-state index in [1.807, 2.05) is 13.8 Å². The Labute approximate surface area is 69.2 Å². The molecule has 0 aromatic heterocycles. The van der Waals surface area contributed by atoms with E-state index < -0.39 is 0 Å². The highest BCUT2D eigenvalue weighted by Gasteiger charge is 2.19. The lowest BCUT2D eigenvalue weighted by molar-refractivity contribution is 0.0337. The summed E-state index contributed by atoms with van der Waals surface area (Å²) in [6.45, 7) is 6.08. The van der Waals surface area contributed by atoms with Gasteiger partial charge in [-0.25, -0.2) is 0 Å². The number of aliphatic hydroxyl groups is 2. The van der Waals surface area contributed by atoms with Gasteiger partial charge in [-0.05, 0) is 12.3 Å². The zero-order chi connectivity index (χ0) is 8.85. The van der Waals surface area contributed by atoms with Crippen LogP contribution in [-0.4, -0.2) is 22.9 Å². The van der Waals surface area contributed by atoms with Crippen LogP contribution < -0.4 is 0 Å². The van der Waals surface area contributed by atoms with Crippen LogP contribution in [0.15, 0.2) is 0 Å². The van der Waals surface area contributed by atoms with Gasteiger partial charge in [-0.15, -0.1) is 0 Å². The number of hydrogen-bond acceptors (Lipinski definition) is 2. The second-order valence-corrected chi connectivity index (χ2v) is 3.42. The molecule has 0 amide bonds. The van der Waals surface area contributed by atoms with E-state index in [1.165, 1.54) is 0 Å². The van der Waals surface area contributed by atoms with Crippen molar-refractivity contribution in [1.29, 1.82) is 0 Å². The lowest BCUT2D eigenvalue weighted by Gasteiger charge is -2.22. The monoisotopic (exact) mass is 160 g/mol. The Balaban J connectivity index is 3.70. The van der Waals surface area contributed by atoms with E-state index in [9.17, 15) is 5.11 Å². The Kier molecular flexibility index (Phi) is 5.51. The molecule has 0 aromatic carbocycles. The summed E-state index contributed by atoms with van der Waals surface area (Å²) < 4.78 is 0. The van der Waals surface area contributed by atoms with Crippen molar-refractivity contribution in [3.8, 4) is 0 Å². The molecule has 2 nitrogen and oxygen atoms in total. The second kappa shape index (κ2) is 5.56. The van der Waals surface area contributed by atoms with Crippen molar-refractivity contribution in [3.05, 3.63) is 0 Å². The molecule has 0 spiro atoms. The summed E-state index contributed by atoms with van der Waals surface area (Å²) in [5.74, 6) is 0.318. The largest absolute Gasteiger partial charge is 0.396 e. The lowest BCUT2D eigenvalue weighted by atomic mass is 9.91. The zero-order valence-electron chi connectivity index (χ0n) is 7.75. The summed E-state index contributed by atoms with van der Waals surface area (Å²) in [4.78, 5) is 0. The van der Waals surface area contributed by atoms with Gasteiger partial charge in [-0.2, -0.15) is 0 Å². The Morgan fingerprint density at radius 2 is 1.73 bits per heavy atom. The molecule has 0 aliphatic carbocycles. The van der Waals surface area contributed by atoms with Gasteiger partial charge in [0, 0.05) is 12.5 Å². The minimum atomic E-state index is -0.347. The molecule has 3 unspecified atom stereocenters. The van der Waals surface area contributed by atoms with Crippen molar-refractivity contribution in [3.63, 3.8) is 0 Å². The average Bonchev–Trinajstić information content (AvgIpc) is 2.02. The van der Waals surface area contributed by atoms with Crippen LogP contribution in [0.3, 0.4) is 0 Å². The van der Waals surface area contributed by atoms with Crippen molar-refractivity contribution in [2.24, 2.45) is 11.8 Å². The third kappa shape index (κ3) is 3.73. The highest BCUT2D eigenvalue weighted by Crippen LogP contribution is 2.16. The SMILES string of the molecule is CCCC(C)C(O)C(C)CO. The Bertz CT molecular complexity index is 93.6. The van der Waals surface area contributed by atoms with Crippen LogP contribution in [0.5, 0.6) is 0 Å². The molecule has 0 radical (unpaired) electrons. The van der Waals surface area contributed by atoms with Gasteiger partial charge in [0.15, 0.2) is 0 Å². The fraction of sp³-hybridized carbons (Fsp3) is 1.00. The molecular weight excluding hydrogens is 140 g/mol. The molecular formula is C9H20O2. The van der Waals surface area contributed by atoms with Crippen LogP contribution in [0.4, 0.5) is 0 Å². The van der Waals surface area contributed by atoms with Crippen LogP contribution >= 0.6 is 0 Å². The van der Waals surface area contributed by atoms with Crippen LogP contribution in [0.25, 0.3) is 0 Å². The van der Waals surface area contributed by atoms with Gasteiger partial charge in [-0.3, -0.25) is 0 Å². The van der Waals surface area contributed by atoms with E-state index in [-0.39, 0.29) is 18.6 Å².